The minimum atomic E-state index is -0.0991. The van der Waals surface area contributed by atoms with Crippen LogP contribution < -0.4 is 21.1 Å². The number of nitrogens with zero attached hydrogens (tertiary/aromatic N) is 3. The van der Waals surface area contributed by atoms with Crippen molar-refractivity contribution in [2.45, 2.75) is 43.9 Å². The van der Waals surface area contributed by atoms with Gasteiger partial charge in [0, 0.05) is 78.6 Å². The highest BCUT2D eigenvalue weighted by atomic mass is 35.5. The quantitative estimate of drug-likeness (QED) is 0.549. The largest absolute Gasteiger partial charge is 0.384 e. The summed E-state index contributed by atoms with van der Waals surface area (Å²) in [5.41, 5.74) is 4.44. The van der Waals surface area contributed by atoms with Crippen LogP contribution in [0.1, 0.15) is 52.9 Å². The van der Waals surface area contributed by atoms with Gasteiger partial charge in [-0.3, -0.25) is 19.5 Å². The average molecular weight is 527 g/mol. The normalized spacial score (nSPS) is 20.8. The Labute approximate surface area is 221 Å². The first-order valence-electron chi connectivity index (χ1n) is 13.6. The van der Waals surface area contributed by atoms with Gasteiger partial charge in [-0.15, -0.1) is 0 Å². The predicted molar refractivity (Wildman–Crippen MR) is 144 cm³/mol. The Balaban J connectivity index is 1.12. The molecule has 0 unspecified atom stereocenters. The van der Waals surface area contributed by atoms with Crippen LogP contribution in [0, 0.1) is 0 Å². The molecule has 10 heteroatoms. The van der Waals surface area contributed by atoms with Gasteiger partial charge >= 0.3 is 0 Å². The number of benzene rings is 1. The van der Waals surface area contributed by atoms with Crippen molar-refractivity contribution in [3.05, 3.63) is 49.9 Å². The van der Waals surface area contributed by atoms with Gasteiger partial charge in [-0.05, 0) is 50.7 Å². The summed E-state index contributed by atoms with van der Waals surface area (Å²) in [5, 5.41) is 7.21. The highest BCUT2D eigenvalue weighted by Gasteiger charge is 2.43. The van der Waals surface area contributed by atoms with E-state index in [1.54, 1.807) is 0 Å². The van der Waals surface area contributed by atoms with Gasteiger partial charge < -0.3 is 20.3 Å². The number of rotatable bonds is 5. The van der Waals surface area contributed by atoms with E-state index in [0.717, 1.165) is 114 Å². The molecule has 37 heavy (non-hydrogen) atoms. The van der Waals surface area contributed by atoms with Gasteiger partial charge in [0.1, 0.15) is 0 Å². The van der Waals surface area contributed by atoms with Crippen LogP contribution in [0.3, 0.4) is 0 Å². The van der Waals surface area contributed by atoms with Gasteiger partial charge in [0.2, 0.25) is 5.95 Å². The number of piperidine rings is 1. The molecule has 1 amide bonds. The zero-order valence-electron chi connectivity index (χ0n) is 21.2. The summed E-state index contributed by atoms with van der Waals surface area (Å²) in [6.07, 6.45) is 5.68. The van der Waals surface area contributed by atoms with Crippen molar-refractivity contribution >= 4 is 29.1 Å². The summed E-state index contributed by atoms with van der Waals surface area (Å²) in [4.78, 5) is 37.8. The van der Waals surface area contributed by atoms with Crippen LogP contribution in [-0.4, -0.2) is 79.8 Å². The van der Waals surface area contributed by atoms with Gasteiger partial charge in [0.25, 0.3) is 11.5 Å². The molecule has 2 aromatic rings. The minimum absolute atomic E-state index is 0.0201. The zero-order valence-corrected chi connectivity index (χ0v) is 22.0. The molecule has 4 aliphatic rings. The summed E-state index contributed by atoms with van der Waals surface area (Å²) in [5.74, 6) is 0.597. The molecule has 198 valence electrons. The third-order valence-corrected chi connectivity index (χ3v) is 8.81. The average Bonchev–Trinajstić information content (AvgIpc) is 3.28. The Morgan fingerprint density at radius 3 is 2.73 bits per heavy atom. The van der Waals surface area contributed by atoms with Crippen molar-refractivity contribution in [2.75, 3.05) is 69.2 Å². The van der Waals surface area contributed by atoms with Gasteiger partial charge in [-0.25, -0.2) is 4.98 Å². The molecule has 0 radical (unpaired) electrons. The number of H-pyrrole nitrogens is 1. The number of ether oxygens (including phenoxy) is 1. The molecule has 1 aromatic heterocycles. The lowest BCUT2D eigenvalue weighted by molar-refractivity contribution is 0.0383. The standard InChI is InChI=1S/C27H35ClN6O3/c28-20-15-18(24(35)29-7-10-33-11-13-37-14-12-33)16-22-23(20)27(17-30-22)5-8-34(9-6-27)26-31-21-4-2-1-3-19(21)25(36)32-26/h15-16,30H,1-14,17H2,(H,29,35)(H,31,32,36). The number of nitrogens with one attached hydrogen (secondary N) is 3. The fraction of sp³-hybridized carbons (Fsp3) is 0.593. The lowest BCUT2D eigenvalue weighted by Gasteiger charge is -2.40. The number of fused-ring (bicyclic) bond motifs is 3. The first kappa shape index (κ1) is 24.7. The third-order valence-electron chi connectivity index (χ3n) is 8.52. The van der Waals surface area contributed by atoms with Crippen LogP contribution in [0.15, 0.2) is 16.9 Å². The molecule has 2 fully saturated rings. The van der Waals surface area contributed by atoms with Gasteiger partial charge in [0.15, 0.2) is 0 Å². The van der Waals surface area contributed by atoms with E-state index in [1.165, 1.54) is 0 Å². The summed E-state index contributed by atoms with van der Waals surface area (Å²) in [6, 6.07) is 3.75. The Morgan fingerprint density at radius 2 is 1.92 bits per heavy atom. The first-order valence-corrected chi connectivity index (χ1v) is 13.9. The van der Waals surface area contributed by atoms with E-state index in [0.29, 0.717) is 23.1 Å². The Morgan fingerprint density at radius 1 is 1.14 bits per heavy atom. The smallest absolute Gasteiger partial charge is 0.255 e. The molecule has 4 heterocycles. The zero-order chi connectivity index (χ0) is 25.4. The van der Waals surface area contributed by atoms with Crippen molar-refractivity contribution in [3.63, 3.8) is 0 Å². The van der Waals surface area contributed by atoms with E-state index in [-0.39, 0.29) is 16.9 Å². The van der Waals surface area contributed by atoms with Crippen molar-refractivity contribution in [1.82, 2.24) is 20.2 Å². The molecule has 1 aromatic carbocycles. The van der Waals surface area contributed by atoms with Gasteiger partial charge in [-0.2, -0.15) is 0 Å². The number of anilines is 2. The van der Waals surface area contributed by atoms with Crippen LogP contribution in [0.5, 0.6) is 0 Å². The summed E-state index contributed by atoms with van der Waals surface area (Å²) in [7, 11) is 0. The van der Waals surface area contributed by atoms with E-state index in [1.807, 2.05) is 12.1 Å². The van der Waals surface area contributed by atoms with Gasteiger partial charge in [0.05, 0.1) is 18.9 Å². The number of aromatic nitrogens is 2. The van der Waals surface area contributed by atoms with Crippen molar-refractivity contribution in [3.8, 4) is 0 Å². The third kappa shape index (κ3) is 4.84. The van der Waals surface area contributed by atoms with Crippen LogP contribution in [-0.2, 0) is 23.0 Å². The van der Waals surface area contributed by atoms with Crippen molar-refractivity contribution in [2.24, 2.45) is 0 Å². The number of hydrogen-bond acceptors (Lipinski definition) is 7. The van der Waals surface area contributed by atoms with Crippen molar-refractivity contribution in [1.29, 1.82) is 0 Å². The van der Waals surface area contributed by atoms with E-state index in [4.69, 9.17) is 21.3 Å². The number of hydrogen-bond donors (Lipinski definition) is 3. The number of halogens is 1. The second-order valence-corrected chi connectivity index (χ2v) is 11.1. The summed E-state index contributed by atoms with van der Waals surface area (Å²) in [6.45, 7) is 7.11. The fourth-order valence-electron chi connectivity index (χ4n) is 6.34. The van der Waals surface area contributed by atoms with Crippen LogP contribution in [0.2, 0.25) is 5.02 Å². The molecule has 9 nitrogen and oxygen atoms in total. The molecule has 1 spiro atoms. The topological polar surface area (TPSA) is 103 Å². The highest BCUT2D eigenvalue weighted by Crippen LogP contribution is 2.48. The molecule has 0 saturated carbocycles. The number of amides is 1. The maximum Gasteiger partial charge on any atom is 0.255 e. The van der Waals surface area contributed by atoms with E-state index < -0.39 is 0 Å². The van der Waals surface area contributed by atoms with Crippen LogP contribution in [0.25, 0.3) is 0 Å². The molecule has 0 atom stereocenters. The molecule has 6 rings (SSSR count). The minimum Gasteiger partial charge on any atom is -0.384 e. The summed E-state index contributed by atoms with van der Waals surface area (Å²) < 4.78 is 5.38. The van der Waals surface area contributed by atoms with E-state index >= 15 is 0 Å². The summed E-state index contributed by atoms with van der Waals surface area (Å²) >= 11 is 6.84. The second kappa shape index (κ2) is 10.3. The molecular formula is C27H35ClN6O3. The maximum atomic E-state index is 12.9. The number of aryl methyl sites for hydroxylation is 1. The number of carbonyl (C=O) groups is 1. The van der Waals surface area contributed by atoms with E-state index in [2.05, 4.69) is 25.4 Å². The molecule has 0 bridgehead atoms. The van der Waals surface area contributed by atoms with Crippen molar-refractivity contribution < 1.29 is 9.53 Å². The molecule has 2 saturated heterocycles. The van der Waals surface area contributed by atoms with Gasteiger partial charge in [-0.1, -0.05) is 11.6 Å². The molecule has 1 aliphatic carbocycles. The lowest BCUT2D eigenvalue weighted by atomic mass is 9.74. The Bertz CT molecular complexity index is 1230. The molecular weight excluding hydrogens is 492 g/mol. The first-order chi connectivity index (χ1) is 18.0. The van der Waals surface area contributed by atoms with E-state index in [9.17, 15) is 9.59 Å². The Hall–Kier alpha value is -2.62. The maximum absolute atomic E-state index is 12.9. The lowest BCUT2D eigenvalue weighted by Crippen LogP contribution is -2.45. The number of morpholine rings is 1. The Kier molecular flexibility index (Phi) is 6.86. The van der Waals surface area contributed by atoms with Crippen LogP contribution >= 0.6 is 11.6 Å². The number of aromatic amines is 1. The number of carbonyl (C=O) groups excluding carboxylic acids is 1. The fourth-order valence-corrected chi connectivity index (χ4v) is 6.76. The molecule has 3 N–H and O–H groups in total. The monoisotopic (exact) mass is 526 g/mol. The SMILES string of the molecule is O=C(NCCN1CCOCC1)c1cc(Cl)c2c(c1)NCC21CCN(c2nc3c(c(=O)[nH]2)CCCC3)CC1. The van der Waals surface area contributed by atoms with Crippen LogP contribution in [0.4, 0.5) is 11.6 Å². The predicted octanol–water partition coefficient (Wildman–Crippen LogP) is 2.33. The second-order valence-electron chi connectivity index (χ2n) is 10.7. The molecule has 3 aliphatic heterocycles. The highest BCUT2D eigenvalue weighted by molar-refractivity contribution is 6.32.